The number of carbonyl (C=O) groups excluding carboxylic acids is 1. The molecule has 0 spiro atoms. The van der Waals surface area contributed by atoms with Gasteiger partial charge in [0.05, 0.1) is 7.11 Å². The molecular weight excluding hydrogens is 252 g/mol. The van der Waals surface area contributed by atoms with Crippen molar-refractivity contribution in [3.63, 3.8) is 0 Å². The third-order valence-electron chi connectivity index (χ3n) is 3.21. The largest absolute Gasteiger partial charge is 0.469 e. The number of hydrogen-bond donors (Lipinski definition) is 1. The van der Waals surface area contributed by atoms with E-state index in [-0.39, 0.29) is 12.6 Å². The van der Waals surface area contributed by atoms with Gasteiger partial charge in [0.2, 0.25) is 0 Å². The van der Waals surface area contributed by atoms with E-state index >= 15 is 0 Å². The van der Waals surface area contributed by atoms with Crippen molar-refractivity contribution >= 4 is 5.97 Å². The smallest absolute Gasteiger partial charge is 0.305 e. The third kappa shape index (κ3) is 13.3. The second-order valence-electron chi connectivity index (χ2n) is 5.12. The third-order valence-corrected chi connectivity index (χ3v) is 3.21. The Bertz CT molecular complexity index is 293. The van der Waals surface area contributed by atoms with Crippen LogP contribution >= 0.6 is 0 Å². The van der Waals surface area contributed by atoms with E-state index in [1.165, 1.54) is 31.9 Å². The molecule has 0 aromatic carbocycles. The zero-order chi connectivity index (χ0) is 15.1. The van der Waals surface area contributed by atoms with Crippen LogP contribution < -0.4 is 0 Å². The first-order chi connectivity index (χ1) is 9.70. The van der Waals surface area contributed by atoms with Crippen LogP contribution in [0, 0.1) is 0 Å². The van der Waals surface area contributed by atoms with E-state index in [1.807, 2.05) is 0 Å². The lowest BCUT2D eigenvalue weighted by molar-refractivity contribution is -0.140. The van der Waals surface area contributed by atoms with Crippen molar-refractivity contribution in [1.29, 1.82) is 0 Å². The molecule has 0 unspecified atom stereocenters. The fourth-order valence-corrected chi connectivity index (χ4v) is 1.95. The van der Waals surface area contributed by atoms with Crippen LogP contribution in [0.4, 0.5) is 0 Å². The summed E-state index contributed by atoms with van der Waals surface area (Å²) in [7, 11) is 1.44. The van der Waals surface area contributed by atoms with Crippen LogP contribution in [0.3, 0.4) is 0 Å². The van der Waals surface area contributed by atoms with Crippen molar-refractivity contribution in [2.24, 2.45) is 0 Å². The molecule has 20 heavy (non-hydrogen) atoms. The SMILES string of the molecule is COC(=O)CCCCCCC/C=C/C/C(C)=C/CCO. The summed E-state index contributed by atoms with van der Waals surface area (Å²) < 4.78 is 4.60. The van der Waals surface area contributed by atoms with E-state index < -0.39 is 0 Å². The van der Waals surface area contributed by atoms with Crippen LogP contribution in [-0.2, 0) is 9.53 Å². The predicted octanol–water partition coefficient (Wildman–Crippen LogP) is 4.17. The van der Waals surface area contributed by atoms with Crippen molar-refractivity contribution in [2.75, 3.05) is 13.7 Å². The summed E-state index contributed by atoms with van der Waals surface area (Å²) in [6.07, 6.45) is 15.7. The first-order valence-corrected chi connectivity index (χ1v) is 7.69. The molecule has 0 rings (SSSR count). The first-order valence-electron chi connectivity index (χ1n) is 7.69. The number of ether oxygens (including phenoxy) is 1. The monoisotopic (exact) mass is 282 g/mol. The second-order valence-corrected chi connectivity index (χ2v) is 5.12. The van der Waals surface area contributed by atoms with Crippen molar-refractivity contribution < 1.29 is 14.6 Å². The maximum absolute atomic E-state index is 10.9. The van der Waals surface area contributed by atoms with Gasteiger partial charge in [-0.3, -0.25) is 4.79 Å². The molecule has 0 radical (unpaired) electrons. The summed E-state index contributed by atoms with van der Waals surface area (Å²) in [6.45, 7) is 2.33. The van der Waals surface area contributed by atoms with Crippen LogP contribution in [0.15, 0.2) is 23.8 Å². The molecule has 0 bridgehead atoms. The van der Waals surface area contributed by atoms with E-state index in [2.05, 4.69) is 29.9 Å². The Kier molecular flexibility index (Phi) is 13.5. The Morgan fingerprint density at radius 2 is 1.75 bits per heavy atom. The minimum Gasteiger partial charge on any atom is -0.469 e. The summed E-state index contributed by atoms with van der Waals surface area (Å²) in [4.78, 5) is 10.9. The van der Waals surface area contributed by atoms with Gasteiger partial charge >= 0.3 is 5.97 Å². The average molecular weight is 282 g/mol. The molecule has 0 aliphatic carbocycles. The summed E-state index contributed by atoms with van der Waals surface area (Å²) in [5.74, 6) is -0.0995. The summed E-state index contributed by atoms with van der Waals surface area (Å²) >= 11 is 0. The first kappa shape index (κ1) is 18.9. The van der Waals surface area contributed by atoms with Gasteiger partial charge in [-0.2, -0.15) is 0 Å². The summed E-state index contributed by atoms with van der Waals surface area (Å²) in [5.41, 5.74) is 1.32. The number of rotatable bonds is 12. The van der Waals surface area contributed by atoms with Gasteiger partial charge in [-0.1, -0.05) is 43.1 Å². The van der Waals surface area contributed by atoms with Crippen LogP contribution in [0.1, 0.15) is 64.7 Å². The molecule has 0 aliphatic heterocycles. The van der Waals surface area contributed by atoms with Crippen molar-refractivity contribution in [2.45, 2.75) is 64.7 Å². The van der Waals surface area contributed by atoms with Crippen molar-refractivity contribution in [3.05, 3.63) is 23.8 Å². The quantitative estimate of drug-likeness (QED) is 0.332. The number of methoxy groups -OCH3 is 1. The topological polar surface area (TPSA) is 46.5 Å². The van der Waals surface area contributed by atoms with Crippen LogP contribution in [0.2, 0.25) is 0 Å². The number of allylic oxidation sites excluding steroid dienone is 3. The minimum atomic E-state index is -0.0995. The van der Waals surface area contributed by atoms with Gasteiger partial charge in [0.1, 0.15) is 0 Å². The molecule has 0 aromatic rings. The number of carbonyl (C=O) groups is 1. The molecule has 0 amide bonds. The molecule has 0 aromatic heterocycles. The highest BCUT2D eigenvalue weighted by Crippen LogP contribution is 2.09. The average Bonchev–Trinajstić information content (AvgIpc) is 2.46. The summed E-state index contributed by atoms with van der Waals surface area (Å²) in [6, 6.07) is 0. The molecule has 0 atom stereocenters. The van der Waals surface area contributed by atoms with Gasteiger partial charge in [0.15, 0.2) is 0 Å². The number of hydrogen-bond acceptors (Lipinski definition) is 3. The van der Waals surface area contributed by atoms with Crippen LogP contribution in [0.25, 0.3) is 0 Å². The molecule has 116 valence electrons. The molecule has 0 saturated heterocycles. The van der Waals surface area contributed by atoms with Gasteiger partial charge in [0.25, 0.3) is 0 Å². The van der Waals surface area contributed by atoms with E-state index in [0.29, 0.717) is 6.42 Å². The maximum Gasteiger partial charge on any atom is 0.305 e. The highest BCUT2D eigenvalue weighted by Gasteiger charge is 1.98. The van der Waals surface area contributed by atoms with E-state index in [0.717, 1.165) is 32.1 Å². The Balaban J connectivity index is 3.33. The molecule has 0 fully saturated rings. The van der Waals surface area contributed by atoms with Gasteiger partial charge in [0, 0.05) is 13.0 Å². The van der Waals surface area contributed by atoms with Gasteiger partial charge < -0.3 is 9.84 Å². The lowest BCUT2D eigenvalue weighted by atomic mass is 10.1. The Morgan fingerprint density at radius 3 is 2.45 bits per heavy atom. The number of unbranched alkanes of at least 4 members (excludes halogenated alkanes) is 5. The van der Waals surface area contributed by atoms with E-state index in [1.54, 1.807) is 0 Å². The van der Waals surface area contributed by atoms with E-state index in [4.69, 9.17) is 5.11 Å². The zero-order valence-corrected chi connectivity index (χ0v) is 13.1. The van der Waals surface area contributed by atoms with E-state index in [9.17, 15) is 4.79 Å². The fourth-order valence-electron chi connectivity index (χ4n) is 1.95. The molecule has 0 saturated carbocycles. The van der Waals surface area contributed by atoms with Crippen molar-refractivity contribution in [3.8, 4) is 0 Å². The zero-order valence-electron chi connectivity index (χ0n) is 13.1. The fraction of sp³-hybridized carbons (Fsp3) is 0.706. The Hall–Kier alpha value is -1.09. The molecule has 3 nitrogen and oxygen atoms in total. The normalized spacial score (nSPS) is 12.1. The molecule has 1 N–H and O–H groups in total. The number of aliphatic hydroxyl groups is 1. The Morgan fingerprint density at radius 1 is 1.05 bits per heavy atom. The van der Waals surface area contributed by atoms with Crippen molar-refractivity contribution in [1.82, 2.24) is 0 Å². The van der Waals surface area contributed by atoms with Crippen LogP contribution in [-0.4, -0.2) is 24.8 Å². The number of esters is 1. The molecular formula is C17H30O3. The summed E-state index contributed by atoms with van der Waals surface area (Å²) in [5, 5.41) is 8.70. The lowest BCUT2D eigenvalue weighted by Crippen LogP contribution is -1.98. The highest BCUT2D eigenvalue weighted by molar-refractivity contribution is 5.68. The standard InChI is InChI=1S/C17H30O3/c1-16(13-11-15-18)12-9-7-5-3-4-6-8-10-14-17(19)20-2/h7,9,13,18H,3-6,8,10-12,14-15H2,1-2H3/b9-7+,16-13+. The predicted molar refractivity (Wildman–Crippen MR) is 83.6 cm³/mol. The van der Waals surface area contributed by atoms with Gasteiger partial charge in [-0.05, 0) is 39.0 Å². The minimum absolute atomic E-state index is 0.0995. The maximum atomic E-state index is 10.9. The molecule has 3 heteroatoms. The highest BCUT2D eigenvalue weighted by atomic mass is 16.5. The Labute approximate surface area is 123 Å². The number of aliphatic hydroxyl groups excluding tert-OH is 1. The molecule has 0 heterocycles. The lowest BCUT2D eigenvalue weighted by Gasteiger charge is -2.00. The second kappa shape index (κ2) is 14.3. The molecule has 0 aliphatic rings. The van der Waals surface area contributed by atoms with Crippen LogP contribution in [0.5, 0.6) is 0 Å². The van der Waals surface area contributed by atoms with Gasteiger partial charge in [-0.15, -0.1) is 0 Å². The van der Waals surface area contributed by atoms with Gasteiger partial charge in [-0.25, -0.2) is 0 Å².